The van der Waals surface area contributed by atoms with E-state index in [4.69, 9.17) is 9.47 Å². The maximum Gasteiger partial charge on any atom is 0.249 e. The minimum absolute atomic E-state index is 0.255. The van der Waals surface area contributed by atoms with Crippen molar-refractivity contribution in [1.82, 2.24) is 5.32 Å². The first-order chi connectivity index (χ1) is 30.8. The first-order valence-electron chi connectivity index (χ1n) is 26.6. The summed E-state index contributed by atoms with van der Waals surface area (Å²) in [7, 11) is 0. The van der Waals surface area contributed by atoms with Crippen LogP contribution in [0.2, 0.25) is 0 Å². The number of rotatable bonds is 45. The number of amides is 1. The van der Waals surface area contributed by atoms with Gasteiger partial charge in [-0.2, -0.15) is 0 Å². The fourth-order valence-electron chi connectivity index (χ4n) is 8.55. The molecule has 1 saturated heterocycles. The van der Waals surface area contributed by atoms with Gasteiger partial charge in [0.15, 0.2) is 6.29 Å². The Morgan fingerprint density at radius 3 is 1.37 bits per heavy atom. The number of carbonyl (C=O) groups excluding carboxylic acids is 1. The average Bonchev–Trinajstić information content (AvgIpc) is 3.28. The van der Waals surface area contributed by atoms with Crippen molar-refractivity contribution in [3.05, 3.63) is 24.3 Å². The lowest BCUT2D eigenvalue weighted by Crippen LogP contribution is -2.60. The Bertz CT molecular complexity index is 1060. The topological polar surface area (TPSA) is 169 Å². The Labute approximate surface area is 386 Å². The minimum Gasteiger partial charge on any atom is -0.394 e. The van der Waals surface area contributed by atoms with Crippen molar-refractivity contribution >= 4 is 5.91 Å². The normalized spacial score (nSPS) is 20.8. The summed E-state index contributed by atoms with van der Waals surface area (Å²) in [4.78, 5) is 13.1. The van der Waals surface area contributed by atoms with E-state index in [9.17, 15) is 35.4 Å². The van der Waals surface area contributed by atoms with Crippen molar-refractivity contribution in [2.75, 3.05) is 13.2 Å². The third-order valence-corrected chi connectivity index (χ3v) is 12.9. The number of nitrogens with one attached hydrogen (secondary N) is 1. The van der Waals surface area contributed by atoms with Gasteiger partial charge in [-0.1, -0.05) is 224 Å². The van der Waals surface area contributed by atoms with Crippen LogP contribution in [0.4, 0.5) is 0 Å². The first kappa shape index (κ1) is 59.6. The van der Waals surface area contributed by atoms with Gasteiger partial charge in [0.2, 0.25) is 5.91 Å². The number of allylic oxidation sites excluding steroid dienone is 4. The van der Waals surface area contributed by atoms with Crippen LogP contribution in [0.25, 0.3) is 0 Å². The number of aliphatic hydroxyl groups excluding tert-OH is 6. The molecule has 1 heterocycles. The number of carbonyl (C=O) groups is 1. The average molecular weight is 896 g/mol. The molecule has 0 bridgehead atoms. The smallest absolute Gasteiger partial charge is 0.249 e. The Hall–Kier alpha value is -1.37. The van der Waals surface area contributed by atoms with Gasteiger partial charge in [-0.3, -0.25) is 4.79 Å². The molecule has 8 atom stereocenters. The summed E-state index contributed by atoms with van der Waals surface area (Å²) < 4.78 is 11.2. The molecular formula is C53H101NO9. The summed E-state index contributed by atoms with van der Waals surface area (Å²) in [6.45, 7) is 3.67. The molecule has 63 heavy (non-hydrogen) atoms. The van der Waals surface area contributed by atoms with Crippen LogP contribution in [0.5, 0.6) is 0 Å². The van der Waals surface area contributed by atoms with Crippen molar-refractivity contribution < 1.29 is 44.9 Å². The van der Waals surface area contributed by atoms with Crippen LogP contribution in [0.1, 0.15) is 245 Å². The third-order valence-electron chi connectivity index (χ3n) is 12.9. The molecule has 1 aliphatic rings. The van der Waals surface area contributed by atoms with E-state index in [0.717, 1.165) is 57.8 Å². The van der Waals surface area contributed by atoms with Gasteiger partial charge in [0, 0.05) is 0 Å². The minimum atomic E-state index is -1.60. The van der Waals surface area contributed by atoms with Crippen LogP contribution in [0.3, 0.4) is 0 Å². The summed E-state index contributed by atoms with van der Waals surface area (Å²) in [5.41, 5.74) is 0. The number of aliphatic hydroxyl groups is 6. The Morgan fingerprint density at radius 1 is 0.540 bits per heavy atom. The standard InChI is InChI=1S/C53H101NO9/c1-3-5-7-9-11-13-15-17-18-19-20-21-22-23-24-25-26-27-28-29-30-32-34-36-38-40-42-47(57)52(61)54-45(44-62-53-51(60)50(59)49(58)48(43-55)63-53)46(56)41-39-37-35-33-31-16-14-12-10-8-6-4-2/h20-21,23-24,45-51,53,55-60H,3-19,22,25-44H2,1-2H3,(H,54,61)/b21-20-,24-23-. The molecule has 0 aliphatic carbocycles. The Morgan fingerprint density at radius 2 is 0.937 bits per heavy atom. The lowest BCUT2D eigenvalue weighted by atomic mass is 9.99. The van der Waals surface area contributed by atoms with Gasteiger partial charge in [0.05, 0.1) is 25.4 Å². The zero-order chi connectivity index (χ0) is 46.0. The first-order valence-corrected chi connectivity index (χ1v) is 26.6. The summed E-state index contributed by atoms with van der Waals surface area (Å²) in [5, 5.41) is 65.0. The van der Waals surface area contributed by atoms with E-state index in [1.807, 2.05) is 0 Å². The monoisotopic (exact) mass is 896 g/mol. The fourth-order valence-corrected chi connectivity index (χ4v) is 8.55. The van der Waals surface area contributed by atoms with E-state index in [1.165, 1.54) is 161 Å². The summed E-state index contributed by atoms with van der Waals surface area (Å²) in [6.07, 6.45) is 42.4. The molecule has 8 unspecified atom stereocenters. The Balaban J connectivity index is 2.24. The molecular weight excluding hydrogens is 795 g/mol. The highest BCUT2D eigenvalue weighted by atomic mass is 16.7. The van der Waals surface area contributed by atoms with E-state index in [1.54, 1.807) is 0 Å². The van der Waals surface area contributed by atoms with Gasteiger partial charge in [-0.05, 0) is 44.9 Å². The molecule has 0 spiro atoms. The van der Waals surface area contributed by atoms with E-state index >= 15 is 0 Å². The molecule has 0 aromatic heterocycles. The molecule has 0 aromatic carbocycles. The summed E-state index contributed by atoms with van der Waals surface area (Å²) >= 11 is 0. The molecule has 1 aliphatic heterocycles. The molecule has 0 aromatic rings. The lowest BCUT2D eigenvalue weighted by Gasteiger charge is -2.40. The molecule has 1 amide bonds. The summed E-state index contributed by atoms with van der Waals surface area (Å²) in [6, 6.07) is -0.893. The van der Waals surface area contributed by atoms with E-state index < -0.39 is 61.5 Å². The van der Waals surface area contributed by atoms with Gasteiger partial charge in [0.25, 0.3) is 0 Å². The van der Waals surface area contributed by atoms with Crippen molar-refractivity contribution in [1.29, 1.82) is 0 Å². The Kier molecular flexibility index (Phi) is 40.9. The van der Waals surface area contributed by atoms with Crippen molar-refractivity contribution in [2.45, 2.75) is 294 Å². The number of unbranched alkanes of at least 4 members (excludes halogenated alkanes) is 30. The molecule has 7 N–H and O–H groups in total. The fraction of sp³-hybridized carbons (Fsp3) is 0.906. The largest absolute Gasteiger partial charge is 0.394 e. The lowest BCUT2D eigenvalue weighted by molar-refractivity contribution is -0.302. The maximum absolute atomic E-state index is 13.1. The van der Waals surface area contributed by atoms with Gasteiger partial charge >= 0.3 is 0 Å². The highest BCUT2D eigenvalue weighted by molar-refractivity contribution is 5.80. The van der Waals surface area contributed by atoms with Crippen LogP contribution in [0, 0.1) is 0 Å². The molecule has 0 radical (unpaired) electrons. The van der Waals surface area contributed by atoms with Crippen LogP contribution < -0.4 is 5.32 Å². The van der Waals surface area contributed by atoms with Crippen molar-refractivity contribution in [3.8, 4) is 0 Å². The second-order valence-corrected chi connectivity index (χ2v) is 18.8. The number of ether oxygens (including phenoxy) is 2. The van der Waals surface area contributed by atoms with Gasteiger partial charge in [-0.25, -0.2) is 0 Å². The highest BCUT2D eigenvalue weighted by Crippen LogP contribution is 2.23. The van der Waals surface area contributed by atoms with Crippen LogP contribution in [0.15, 0.2) is 24.3 Å². The SMILES string of the molecule is CCCCCCCCCCC/C=C\C/C=C\CCCCCCCCCCCCC(O)C(=O)NC(COC1OC(CO)C(O)C(O)C1O)C(O)CCCCCCCCCCCCCC. The third kappa shape index (κ3) is 32.9. The zero-order valence-corrected chi connectivity index (χ0v) is 40.7. The van der Waals surface area contributed by atoms with Crippen molar-refractivity contribution in [3.63, 3.8) is 0 Å². The summed E-state index contributed by atoms with van der Waals surface area (Å²) in [5.74, 6) is -0.585. The predicted octanol–water partition coefficient (Wildman–Crippen LogP) is 11.2. The van der Waals surface area contributed by atoms with Crippen LogP contribution in [-0.4, -0.2) is 98.7 Å². The van der Waals surface area contributed by atoms with Crippen LogP contribution in [-0.2, 0) is 14.3 Å². The van der Waals surface area contributed by atoms with E-state index in [2.05, 4.69) is 43.5 Å². The zero-order valence-electron chi connectivity index (χ0n) is 40.7. The second kappa shape index (κ2) is 43.2. The van der Waals surface area contributed by atoms with E-state index in [0.29, 0.717) is 12.8 Å². The molecule has 372 valence electrons. The number of hydrogen-bond acceptors (Lipinski definition) is 9. The van der Waals surface area contributed by atoms with E-state index in [-0.39, 0.29) is 6.61 Å². The highest BCUT2D eigenvalue weighted by Gasteiger charge is 2.44. The molecule has 10 heteroatoms. The molecule has 10 nitrogen and oxygen atoms in total. The predicted molar refractivity (Wildman–Crippen MR) is 260 cm³/mol. The van der Waals surface area contributed by atoms with Crippen molar-refractivity contribution in [2.24, 2.45) is 0 Å². The number of hydrogen-bond donors (Lipinski definition) is 7. The molecule has 1 rings (SSSR count). The molecule has 0 saturated carbocycles. The maximum atomic E-state index is 13.1. The quantitative estimate of drug-likeness (QED) is 0.0232. The second-order valence-electron chi connectivity index (χ2n) is 18.8. The molecule has 1 fully saturated rings. The van der Waals surface area contributed by atoms with Gasteiger partial charge in [0.1, 0.15) is 30.5 Å². The van der Waals surface area contributed by atoms with Gasteiger partial charge in [-0.15, -0.1) is 0 Å². The van der Waals surface area contributed by atoms with Crippen LogP contribution >= 0.6 is 0 Å². The van der Waals surface area contributed by atoms with Gasteiger partial charge < -0.3 is 45.4 Å².